The molecule has 0 aliphatic carbocycles. The largest absolute Gasteiger partial charge is 0.338 e. The summed E-state index contributed by atoms with van der Waals surface area (Å²) in [5.74, 6) is 0.221. The van der Waals surface area contributed by atoms with E-state index in [9.17, 15) is 4.79 Å². The highest BCUT2D eigenvalue weighted by Gasteiger charge is 2.26. The monoisotopic (exact) mass is 247 g/mol. The van der Waals surface area contributed by atoms with E-state index in [-0.39, 0.29) is 11.3 Å². The lowest BCUT2D eigenvalue weighted by molar-refractivity contribution is -0.133. The minimum absolute atomic E-state index is 0.109. The van der Waals surface area contributed by atoms with Gasteiger partial charge < -0.3 is 10.2 Å². The summed E-state index contributed by atoms with van der Waals surface area (Å²) < 4.78 is 0. The van der Waals surface area contributed by atoms with Crippen LogP contribution in [0.1, 0.15) is 25.8 Å². The normalized spacial score (nSPS) is 20.3. The molecule has 0 unspecified atom stereocenters. The molecule has 1 saturated heterocycles. The lowest BCUT2D eigenvalue weighted by Crippen LogP contribution is -2.46. The summed E-state index contributed by atoms with van der Waals surface area (Å²) in [4.78, 5) is 18.2. The van der Waals surface area contributed by atoms with Crippen LogP contribution in [0.5, 0.6) is 0 Å². The third-order valence-electron chi connectivity index (χ3n) is 3.19. The van der Waals surface area contributed by atoms with Gasteiger partial charge in [-0.05, 0) is 17.0 Å². The molecular weight excluding hydrogens is 226 g/mol. The van der Waals surface area contributed by atoms with Crippen LogP contribution < -0.4 is 5.32 Å². The number of pyridine rings is 1. The van der Waals surface area contributed by atoms with Gasteiger partial charge in [0.2, 0.25) is 5.91 Å². The maximum atomic E-state index is 12.1. The molecule has 4 heteroatoms. The van der Waals surface area contributed by atoms with E-state index in [0.29, 0.717) is 13.0 Å². The molecule has 1 fully saturated rings. The van der Waals surface area contributed by atoms with Gasteiger partial charge in [0.15, 0.2) is 0 Å². The number of amides is 1. The Morgan fingerprint density at radius 3 is 3.06 bits per heavy atom. The molecule has 1 aromatic heterocycles. The van der Waals surface area contributed by atoms with Gasteiger partial charge in [-0.2, -0.15) is 0 Å². The topological polar surface area (TPSA) is 45.2 Å². The van der Waals surface area contributed by atoms with Crippen molar-refractivity contribution in [1.82, 2.24) is 15.2 Å². The first kappa shape index (κ1) is 13.0. The van der Waals surface area contributed by atoms with Crippen molar-refractivity contribution in [2.45, 2.75) is 26.8 Å². The molecule has 98 valence electrons. The fourth-order valence-electron chi connectivity index (χ4n) is 2.30. The molecule has 0 spiro atoms. The summed E-state index contributed by atoms with van der Waals surface area (Å²) in [5.41, 5.74) is 1.20. The quantitative estimate of drug-likeness (QED) is 0.860. The third-order valence-corrected chi connectivity index (χ3v) is 3.19. The van der Waals surface area contributed by atoms with Crippen LogP contribution in [0.25, 0.3) is 0 Å². The minimum Gasteiger partial charge on any atom is -0.338 e. The predicted octanol–water partition coefficient (Wildman–Crippen LogP) is 1.43. The molecule has 0 aromatic carbocycles. The summed E-state index contributed by atoms with van der Waals surface area (Å²) in [5, 5.41) is 3.33. The van der Waals surface area contributed by atoms with E-state index in [4.69, 9.17) is 0 Å². The molecule has 1 aromatic rings. The highest BCUT2D eigenvalue weighted by molar-refractivity contribution is 5.76. The fourth-order valence-corrected chi connectivity index (χ4v) is 2.30. The maximum absolute atomic E-state index is 12.1. The summed E-state index contributed by atoms with van der Waals surface area (Å²) >= 11 is 0. The number of nitrogens with zero attached hydrogens (tertiary/aromatic N) is 2. The molecular formula is C14H21N3O. The molecule has 0 saturated carbocycles. The second-order valence-electron chi connectivity index (χ2n) is 5.70. The molecule has 18 heavy (non-hydrogen) atoms. The van der Waals surface area contributed by atoms with Crippen molar-refractivity contribution in [2.24, 2.45) is 5.41 Å². The van der Waals surface area contributed by atoms with Gasteiger partial charge in [-0.15, -0.1) is 0 Å². The van der Waals surface area contributed by atoms with Crippen LogP contribution in [0.2, 0.25) is 0 Å². The lowest BCUT2D eigenvalue weighted by Gasteiger charge is -2.35. The van der Waals surface area contributed by atoms with Crippen LogP contribution >= 0.6 is 0 Å². The highest BCUT2D eigenvalue weighted by atomic mass is 16.2. The lowest BCUT2D eigenvalue weighted by atomic mass is 9.91. The first-order valence-corrected chi connectivity index (χ1v) is 6.44. The molecule has 0 atom stereocenters. The standard InChI is InChI=1S/C14H21N3O/c1-14(2)10-16-7-5-13(18)17(11-14)9-12-4-3-6-15-8-12/h3-4,6,8,16H,5,7,9-11H2,1-2H3. The van der Waals surface area contributed by atoms with E-state index in [2.05, 4.69) is 24.1 Å². The third kappa shape index (κ3) is 3.53. The number of aromatic nitrogens is 1. The van der Waals surface area contributed by atoms with Gasteiger partial charge in [-0.3, -0.25) is 9.78 Å². The van der Waals surface area contributed by atoms with Crippen molar-refractivity contribution in [3.05, 3.63) is 30.1 Å². The second-order valence-corrected chi connectivity index (χ2v) is 5.70. The first-order valence-electron chi connectivity index (χ1n) is 6.44. The van der Waals surface area contributed by atoms with Gasteiger partial charge in [-0.1, -0.05) is 19.9 Å². The van der Waals surface area contributed by atoms with Gasteiger partial charge >= 0.3 is 0 Å². The Morgan fingerprint density at radius 2 is 2.33 bits per heavy atom. The predicted molar refractivity (Wildman–Crippen MR) is 70.9 cm³/mol. The number of hydrogen-bond donors (Lipinski definition) is 1. The zero-order valence-electron chi connectivity index (χ0n) is 11.1. The van der Waals surface area contributed by atoms with Crippen molar-refractivity contribution in [1.29, 1.82) is 0 Å². The van der Waals surface area contributed by atoms with Gasteiger partial charge in [-0.25, -0.2) is 0 Å². The van der Waals surface area contributed by atoms with E-state index < -0.39 is 0 Å². The van der Waals surface area contributed by atoms with E-state index >= 15 is 0 Å². The zero-order chi connectivity index (χ0) is 13.0. The maximum Gasteiger partial charge on any atom is 0.224 e. The highest BCUT2D eigenvalue weighted by Crippen LogP contribution is 2.19. The fraction of sp³-hybridized carbons (Fsp3) is 0.571. The number of rotatable bonds is 2. The van der Waals surface area contributed by atoms with E-state index in [1.54, 1.807) is 6.20 Å². The van der Waals surface area contributed by atoms with E-state index in [1.165, 1.54) is 0 Å². The molecule has 2 heterocycles. The Balaban J connectivity index is 2.09. The average molecular weight is 247 g/mol. The number of carbonyl (C=O) groups is 1. The van der Waals surface area contributed by atoms with Gasteiger partial charge in [0, 0.05) is 45.0 Å². The van der Waals surface area contributed by atoms with Crippen molar-refractivity contribution >= 4 is 5.91 Å². The van der Waals surface area contributed by atoms with E-state index in [1.807, 2.05) is 23.2 Å². The number of hydrogen-bond acceptors (Lipinski definition) is 3. The second kappa shape index (κ2) is 5.48. The van der Waals surface area contributed by atoms with Crippen LogP contribution in [0.3, 0.4) is 0 Å². The van der Waals surface area contributed by atoms with Crippen LogP contribution in [0.4, 0.5) is 0 Å². The molecule has 0 radical (unpaired) electrons. The zero-order valence-corrected chi connectivity index (χ0v) is 11.1. The minimum atomic E-state index is 0.109. The van der Waals surface area contributed by atoms with Gasteiger partial charge in [0.1, 0.15) is 0 Å². The smallest absolute Gasteiger partial charge is 0.224 e. The van der Waals surface area contributed by atoms with Crippen LogP contribution in [0.15, 0.2) is 24.5 Å². The van der Waals surface area contributed by atoms with Crippen molar-refractivity contribution in [3.8, 4) is 0 Å². The Labute approximate surface area is 108 Å². The number of nitrogens with one attached hydrogen (secondary N) is 1. The summed E-state index contributed by atoms with van der Waals surface area (Å²) in [6.45, 7) is 7.54. The molecule has 1 amide bonds. The van der Waals surface area contributed by atoms with Crippen molar-refractivity contribution in [3.63, 3.8) is 0 Å². The van der Waals surface area contributed by atoms with E-state index in [0.717, 1.165) is 25.2 Å². The average Bonchev–Trinajstić information content (AvgIpc) is 2.33. The SMILES string of the molecule is CC1(C)CNCCC(=O)N(Cc2cccnc2)C1. The van der Waals surface area contributed by atoms with Crippen LogP contribution in [0, 0.1) is 5.41 Å². The molecule has 2 rings (SSSR count). The first-order chi connectivity index (χ1) is 8.57. The number of carbonyl (C=O) groups excluding carboxylic acids is 1. The summed E-state index contributed by atoms with van der Waals surface area (Å²) in [7, 11) is 0. The Kier molecular flexibility index (Phi) is 3.97. The summed E-state index contributed by atoms with van der Waals surface area (Å²) in [6, 6.07) is 3.93. The molecule has 1 aliphatic rings. The Hall–Kier alpha value is -1.42. The van der Waals surface area contributed by atoms with Crippen molar-refractivity contribution in [2.75, 3.05) is 19.6 Å². The van der Waals surface area contributed by atoms with Crippen molar-refractivity contribution < 1.29 is 4.79 Å². The Bertz CT molecular complexity index is 403. The van der Waals surface area contributed by atoms with Crippen LogP contribution in [-0.4, -0.2) is 35.4 Å². The molecule has 1 N–H and O–H groups in total. The Morgan fingerprint density at radius 1 is 1.50 bits per heavy atom. The summed E-state index contributed by atoms with van der Waals surface area (Å²) in [6.07, 6.45) is 4.17. The van der Waals surface area contributed by atoms with Gasteiger partial charge in [0.25, 0.3) is 0 Å². The van der Waals surface area contributed by atoms with Crippen LogP contribution in [-0.2, 0) is 11.3 Å². The molecule has 1 aliphatic heterocycles. The molecule has 4 nitrogen and oxygen atoms in total. The van der Waals surface area contributed by atoms with Gasteiger partial charge in [0.05, 0.1) is 0 Å². The molecule has 0 bridgehead atoms.